The Balaban J connectivity index is 2.55. The molecule has 300 valence electrons. The summed E-state index contributed by atoms with van der Waals surface area (Å²) in [4.78, 5) is 35.4. The second-order valence-electron chi connectivity index (χ2n) is 13.8. The van der Waals surface area contributed by atoms with Gasteiger partial charge < -0.3 is 39.9 Å². The van der Waals surface area contributed by atoms with Crippen LogP contribution in [0.2, 0.25) is 0 Å². The molecule has 0 radical (unpaired) electrons. The van der Waals surface area contributed by atoms with E-state index in [2.05, 4.69) is 26.0 Å². The van der Waals surface area contributed by atoms with Gasteiger partial charge in [-0.15, -0.1) is 0 Å². The Morgan fingerprint density at radius 1 is 0.588 bits per heavy atom. The van der Waals surface area contributed by atoms with E-state index in [4.69, 9.17) is 18.5 Å². The van der Waals surface area contributed by atoms with Crippen LogP contribution in [-0.4, -0.2) is 98.3 Å². The number of esters is 2. The maximum Gasteiger partial charge on any atom is 0.472 e. The van der Waals surface area contributed by atoms with Gasteiger partial charge in [0.2, 0.25) is 0 Å². The van der Waals surface area contributed by atoms with Crippen LogP contribution >= 0.6 is 7.82 Å². The normalized spacial score (nSPS) is 24.0. The first-order chi connectivity index (χ1) is 24.4. The highest BCUT2D eigenvalue weighted by molar-refractivity contribution is 7.47. The first kappa shape index (κ1) is 47.6. The SMILES string of the molecule is CCCCCC/C=C/CCCCCCCC(=O)O[C@H](COC(=O)CCCCCCCCCCC)COP(=O)(O)OC1C(O)C(O)C(O)[C@@H](O)C1O. The molecule has 6 N–H and O–H groups in total. The van der Waals surface area contributed by atoms with Gasteiger partial charge in [0.25, 0.3) is 0 Å². The van der Waals surface area contributed by atoms with Crippen molar-refractivity contribution in [3.05, 3.63) is 12.2 Å². The molecule has 0 aromatic heterocycles. The van der Waals surface area contributed by atoms with Crippen LogP contribution < -0.4 is 0 Å². The lowest BCUT2D eigenvalue weighted by Gasteiger charge is -2.41. The predicted octanol–water partition coefficient (Wildman–Crippen LogP) is 5.94. The quantitative estimate of drug-likeness (QED) is 0.0210. The maximum atomic E-state index is 12.7. The number of ether oxygens (including phenoxy) is 2. The number of aliphatic hydroxyl groups excluding tert-OH is 5. The van der Waals surface area contributed by atoms with E-state index in [1.807, 2.05) is 0 Å². The Kier molecular flexibility index (Phi) is 27.1. The first-order valence-electron chi connectivity index (χ1n) is 19.5. The summed E-state index contributed by atoms with van der Waals surface area (Å²) in [6.07, 6.45) is 13.0. The zero-order chi connectivity index (χ0) is 37.9. The summed E-state index contributed by atoms with van der Waals surface area (Å²) in [6, 6.07) is 0. The predicted molar refractivity (Wildman–Crippen MR) is 194 cm³/mol. The summed E-state index contributed by atoms with van der Waals surface area (Å²) in [5.41, 5.74) is 0. The molecule has 0 aromatic carbocycles. The van der Waals surface area contributed by atoms with Gasteiger partial charge in [0, 0.05) is 12.8 Å². The molecule has 51 heavy (non-hydrogen) atoms. The minimum Gasteiger partial charge on any atom is -0.462 e. The molecule has 0 spiro atoms. The summed E-state index contributed by atoms with van der Waals surface area (Å²) in [5.74, 6) is -1.11. The van der Waals surface area contributed by atoms with Crippen LogP contribution in [0, 0.1) is 0 Å². The average Bonchev–Trinajstić information content (AvgIpc) is 3.10. The van der Waals surface area contributed by atoms with Crippen LogP contribution in [0.3, 0.4) is 0 Å². The second-order valence-corrected chi connectivity index (χ2v) is 15.2. The zero-order valence-electron chi connectivity index (χ0n) is 31.2. The van der Waals surface area contributed by atoms with E-state index >= 15 is 0 Å². The minimum atomic E-state index is -5.10. The van der Waals surface area contributed by atoms with Crippen molar-refractivity contribution in [2.75, 3.05) is 13.2 Å². The van der Waals surface area contributed by atoms with Crippen molar-refractivity contribution in [1.82, 2.24) is 0 Å². The molecule has 0 amide bonds. The summed E-state index contributed by atoms with van der Waals surface area (Å²) >= 11 is 0. The Bertz CT molecular complexity index is 964. The number of hydrogen-bond acceptors (Lipinski definition) is 12. The highest BCUT2D eigenvalue weighted by Crippen LogP contribution is 2.47. The lowest BCUT2D eigenvalue weighted by Crippen LogP contribution is -2.64. The van der Waals surface area contributed by atoms with E-state index in [-0.39, 0.29) is 12.8 Å². The summed E-state index contributed by atoms with van der Waals surface area (Å²) in [5, 5.41) is 49.9. The van der Waals surface area contributed by atoms with Crippen molar-refractivity contribution in [3.63, 3.8) is 0 Å². The lowest BCUT2D eigenvalue weighted by atomic mass is 9.85. The molecule has 1 aliphatic rings. The van der Waals surface area contributed by atoms with Gasteiger partial charge in [-0.25, -0.2) is 4.57 Å². The van der Waals surface area contributed by atoms with Crippen LogP contribution in [0.1, 0.15) is 155 Å². The van der Waals surface area contributed by atoms with E-state index in [0.29, 0.717) is 12.8 Å². The molecule has 0 aromatic rings. The summed E-state index contributed by atoms with van der Waals surface area (Å²) < 4.78 is 33.3. The van der Waals surface area contributed by atoms with Crippen LogP contribution in [0.25, 0.3) is 0 Å². The van der Waals surface area contributed by atoms with E-state index in [9.17, 15) is 44.6 Å². The molecule has 1 fully saturated rings. The van der Waals surface area contributed by atoms with Crippen molar-refractivity contribution in [2.45, 2.75) is 198 Å². The monoisotopic (exact) mass is 752 g/mol. The van der Waals surface area contributed by atoms with Gasteiger partial charge in [-0.1, -0.05) is 116 Å². The minimum absolute atomic E-state index is 0.0897. The number of phosphoric ester groups is 1. The van der Waals surface area contributed by atoms with Gasteiger partial charge in [-0.2, -0.15) is 0 Å². The Hall–Kier alpha value is -1.41. The van der Waals surface area contributed by atoms with E-state index in [0.717, 1.165) is 57.8 Å². The Morgan fingerprint density at radius 2 is 1.00 bits per heavy atom. The third kappa shape index (κ3) is 22.4. The number of carbonyl (C=O) groups is 2. The standard InChI is InChI=1S/C37H69O13P/c1-3-5-7-9-11-13-14-15-16-18-20-22-24-26-31(39)49-29(27-47-30(38)25-23-21-19-17-12-10-8-6-4-2)28-48-51(45,46)50-37-35(43)33(41)32(40)34(42)36(37)44/h13-14,29,32-37,40-44H,3-12,15-28H2,1-2H3,(H,45,46)/b14-13+/t29-,32?,33-,34?,35?,36?,37?/m1/s1. The van der Waals surface area contributed by atoms with Crippen molar-refractivity contribution in [2.24, 2.45) is 0 Å². The van der Waals surface area contributed by atoms with Gasteiger partial charge in [0.05, 0.1) is 6.61 Å². The number of aliphatic hydroxyl groups is 5. The molecule has 6 unspecified atom stereocenters. The molecule has 8 atom stereocenters. The summed E-state index contributed by atoms with van der Waals surface area (Å²) in [6.45, 7) is 3.21. The van der Waals surface area contributed by atoms with Crippen molar-refractivity contribution in [1.29, 1.82) is 0 Å². The Morgan fingerprint density at radius 3 is 1.51 bits per heavy atom. The number of unbranched alkanes of at least 4 members (excludes halogenated alkanes) is 17. The van der Waals surface area contributed by atoms with Crippen LogP contribution in [-0.2, 0) is 32.7 Å². The Labute approximate surface area is 305 Å². The van der Waals surface area contributed by atoms with E-state index < -0.39 is 75.7 Å². The molecular formula is C37H69O13P. The number of rotatable bonds is 31. The number of allylic oxidation sites excluding steroid dienone is 2. The second kappa shape index (κ2) is 29.0. The molecule has 1 aliphatic carbocycles. The molecule has 0 heterocycles. The van der Waals surface area contributed by atoms with Crippen molar-refractivity contribution in [3.8, 4) is 0 Å². The fourth-order valence-electron chi connectivity index (χ4n) is 5.87. The fraction of sp³-hybridized carbons (Fsp3) is 0.892. The maximum absolute atomic E-state index is 12.7. The van der Waals surface area contributed by atoms with E-state index in [1.54, 1.807) is 0 Å². The molecular weight excluding hydrogens is 683 g/mol. The molecule has 1 saturated carbocycles. The third-order valence-corrected chi connectivity index (χ3v) is 10.1. The average molecular weight is 753 g/mol. The fourth-order valence-corrected chi connectivity index (χ4v) is 6.84. The smallest absolute Gasteiger partial charge is 0.462 e. The molecule has 13 nitrogen and oxygen atoms in total. The van der Waals surface area contributed by atoms with Crippen molar-refractivity contribution >= 4 is 19.8 Å². The molecule has 0 bridgehead atoms. The van der Waals surface area contributed by atoms with Crippen molar-refractivity contribution < 1.29 is 63.1 Å². The number of hydrogen-bond donors (Lipinski definition) is 6. The van der Waals surface area contributed by atoms with Gasteiger partial charge in [0.15, 0.2) is 6.10 Å². The van der Waals surface area contributed by atoms with Gasteiger partial charge in [-0.05, 0) is 38.5 Å². The highest BCUT2D eigenvalue weighted by atomic mass is 31.2. The van der Waals surface area contributed by atoms with Gasteiger partial charge in [0.1, 0.15) is 43.2 Å². The number of phosphoric acid groups is 1. The van der Waals surface area contributed by atoms with Crippen LogP contribution in [0.15, 0.2) is 12.2 Å². The van der Waals surface area contributed by atoms with Crippen LogP contribution in [0.5, 0.6) is 0 Å². The molecule has 1 rings (SSSR count). The highest BCUT2D eigenvalue weighted by Gasteiger charge is 2.51. The summed E-state index contributed by atoms with van der Waals surface area (Å²) in [7, 11) is -5.10. The lowest BCUT2D eigenvalue weighted by molar-refractivity contribution is -0.220. The number of carbonyl (C=O) groups excluding carboxylic acids is 2. The third-order valence-electron chi connectivity index (χ3n) is 9.11. The van der Waals surface area contributed by atoms with Gasteiger partial charge in [-0.3, -0.25) is 18.6 Å². The zero-order valence-corrected chi connectivity index (χ0v) is 32.0. The van der Waals surface area contributed by atoms with Gasteiger partial charge >= 0.3 is 19.8 Å². The first-order valence-corrected chi connectivity index (χ1v) is 21.0. The largest absolute Gasteiger partial charge is 0.472 e. The van der Waals surface area contributed by atoms with E-state index in [1.165, 1.54) is 57.8 Å². The molecule has 14 heteroatoms. The van der Waals surface area contributed by atoms with Crippen LogP contribution in [0.4, 0.5) is 0 Å². The topological polar surface area (TPSA) is 210 Å². The molecule has 0 saturated heterocycles. The molecule has 0 aliphatic heterocycles.